The van der Waals surface area contributed by atoms with Crippen LogP contribution in [0.1, 0.15) is 24.0 Å². The van der Waals surface area contributed by atoms with Crippen LogP contribution in [0.3, 0.4) is 0 Å². The molecule has 0 spiro atoms. The first-order valence-electron chi connectivity index (χ1n) is 10.5. The Morgan fingerprint density at radius 3 is 2.41 bits per heavy atom. The molecule has 4 heteroatoms. The van der Waals surface area contributed by atoms with E-state index in [1.807, 2.05) is 85.8 Å². The normalized spacial score (nSPS) is 15.1. The molecule has 4 nitrogen and oxygen atoms in total. The second-order valence-electron chi connectivity index (χ2n) is 7.68. The fourth-order valence-corrected chi connectivity index (χ4v) is 4.32. The number of hydrogen-bond donors (Lipinski definition) is 0. The average molecular weight is 422 g/mol. The van der Waals surface area contributed by atoms with Crippen molar-refractivity contribution in [1.29, 1.82) is 0 Å². The molecule has 0 saturated heterocycles. The van der Waals surface area contributed by atoms with Gasteiger partial charge >= 0.3 is 5.97 Å². The maximum absolute atomic E-state index is 12.9. The molecule has 1 atom stereocenters. The summed E-state index contributed by atoms with van der Waals surface area (Å²) in [5.41, 5.74) is 2.37. The van der Waals surface area contributed by atoms with E-state index in [2.05, 4.69) is 12.1 Å². The molecule has 0 radical (unpaired) electrons. The van der Waals surface area contributed by atoms with Crippen molar-refractivity contribution in [2.75, 3.05) is 7.11 Å². The van der Waals surface area contributed by atoms with E-state index in [1.165, 1.54) is 7.11 Å². The highest BCUT2D eigenvalue weighted by atomic mass is 16.5. The fourth-order valence-electron chi connectivity index (χ4n) is 4.32. The second kappa shape index (κ2) is 8.23. The minimum atomic E-state index is -0.402. The molecular weight excluding hydrogens is 400 g/mol. The van der Waals surface area contributed by atoms with Crippen LogP contribution < -0.4 is 9.47 Å². The van der Waals surface area contributed by atoms with Crippen molar-refractivity contribution < 1.29 is 19.0 Å². The van der Waals surface area contributed by atoms with Gasteiger partial charge in [0.05, 0.1) is 12.7 Å². The van der Waals surface area contributed by atoms with Crippen LogP contribution in [-0.4, -0.2) is 13.1 Å². The Morgan fingerprint density at radius 2 is 1.59 bits per heavy atom. The summed E-state index contributed by atoms with van der Waals surface area (Å²) in [7, 11) is 1.40. The average Bonchev–Trinajstić information content (AvgIpc) is 2.83. The number of carbonyl (C=O) groups excluding carboxylic acids is 1. The third-order valence-electron chi connectivity index (χ3n) is 5.73. The zero-order valence-electron chi connectivity index (χ0n) is 17.9. The minimum absolute atomic E-state index is 0.350. The Balaban J connectivity index is 1.70. The first-order chi connectivity index (χ1) is 15.7. The number of para-hydroxylation sites is 1. The molecule has 0 fully saturated rings. The summed E-state index contributed by atoms with van der Waals surface area (Å²) in [6.07, 6.45) is 0. The number of allylic oxidation sites excluding steroid dienone is 1. The first-order valence-corrected chi connectivity index (χ1v) is 10.5. The van der Waals surface area contributed by atoms with Crippen molar-refractivity contribution in [3.8, 4) is 17.2 Å². The maximum atomic E-state index is 12.9. The summed E-state index contributed by atoms with van der Waals surface area (Å²) >= 11 is 0. The molecule has 0 amide bonds. The summed E-state index contributed by atoms with van der Waals surface area (Å²) in [6, 6.07) is 29.6. The van der Waals surface area contributed by atoms with Crippen LogP contribution in [0.15, 0.2) is 102 Å². The van der Waals surface area contributed by atoms with Crippen LogP contribution in [-0.2, 0) is 9.53 Å². The zero-order chi connectivity index (χ0) is 22.1. The van der Waals surface area contributed by atoms with E-state index < -0.39 is 5.97 Å². The molecule has 1 heterocycles. The molecule has 4 aromatic carbocycles. The van der Waals surface area contributed by atoms with Crippen LogP contribution >= 0.6 is 0 Å². The number of rotatable bonds is 4. The van der Waals surface area contributed by atoms with Crippen LogP contribution in [0, 0.1) is 0 Å². The van der Waals surface area contributed by atoms with E-state index in [0.29, 0.717) is 17.1 Å². The number of benzene rings is 4. The summed E-state index contributed by atoms with van der Waals surface area (Å²) in [6.45, 7) is 1.81. The number of carbonyl (C=O) groups is 1. The Labute approximate surface area is 186 Å². The van der Waals surface area contributed by atoms with Crippen molar-refractivity contribution in [3.63, 3.8) is 0 Å². The Kier molecular flexibility index (Phi) is 5.12. The van der Waals surface area contributed by atoms with Crippen molar-refractivity contribution in [3.05, 3.63) is 113 Å². The van der Waals surface area contributed by atoms with Gasteiger partial charge in [0.1, 0.15) is 23.0 Å². The number of methoxy groups -OCH3 is 1. The largest absolute Gasteiger partial charge is 0.466 e. The maximum Gasteiger partial charge on any atom is 0.338 e. The highest BCUT2D eigenvalue weighted by Gasteiger charge is 2.35. The van der Waals surface area contributed by atoms with E-state index >= 15 is 0 Å². The third kappa shape index (κ3) is 3.50. The van der Waals surface area contributed by atoms with Gasteiger partial charge in [0.15, 0.2) is 0 Å². The third-order valence-corrected chi connectivity index (χ3v) is 5.73. The van der Waals surface area contributed by atoms with E-state index in [0.717, 1.165) is 33.4 Å². The standard InChI is InChI=1S/C28H22O4/c1-18-25(28(29)30-2)26(27-23-14-7-6-9-19(23)15-16-24(27)31-18)20-10-8-13-22(17-20)32-21-11-4-3-5-12-21/h3-17,26H,1-2H3. The summed E-state index contributed by atoms with van der Waals surface area (Å²) in [4.78, 5) is 12.9. The lowest BCUT2D eigenvalue weighted by Crippen LogP contribution is -2.22. The molecule has 0 saturated carbocycles. The minimum Gasteiger partial charge on any atom is -0.466 e. The lowest BCUT2D eigenvalue weighted by atomic mass is 9.80. The molecule has 4 aromatic rings. The van der Waals surface area contributed by atoms with Crippen molar-refractivity contribution in [2.24, 2.45) is 0 Å². The molecule has 32 heavy (non-hydrogen) atoms. The summed E-state index contributed by atoms with van der Waals surface area (Å²) < 4.78 is 17.3. The van der Waals surface area contributed by atoms with Crippen LogP contribution in [0.4, 0.5) is 0 Å². The molecule has 0 aliphatic carbocycles. The molecule has 158 valence electrons. The molecule has 1 aliphatic heterocycles. The van der Waals surface area contributed by atoms with Crippen molar-refractivity contribution in [1.82, 2.24) is 0 Å². The molecule has 0 N–H and O–H groups in total. The van der Waals surface area contributed by atoms with Gasteiger partial charge in [-0.1, -0.05) is 60.7 Å². The van der Waals surface area contributed by atoms with Gasteiger partial charge in [0.2, 0.25) is 0 Å². The lowest BCUT2D eigenvalue weighted by molar-refractivity contribution is -0.136. The van der Waals surface area contributed by atoms with Crippen LogP contribution in [0.25, 0.3) is 10.8 Å². The second-order valence-corrected chi connectivity index (χ2v) is 7.68. The zero-order valence-corrected chi connectivity index (χ0v) is 17.9. The van der Waals surface area contributed by atoms with Gasteiger partial charge < -0.3 is 14.2 Å². The van der Waals surface area contributed by atoms with Crippen LogP contribution in [0.5, 0.6) is 17.2 Å². The number of esters is 1. The molecular formula is C28H22O4. The monoisotopic (exact) mass is 422 g/mol. The van der Waals surface area contributed by atoms with Gasteiger partial charge in [0.25, 0.3) is 0 Å². The van der Waals surface area contributed by atoms with Gasteiger partial charge in [0, 0.05) is 11.5 Å². The van der Waals surface area contributed by atoms with Gasteiger partial charge in [-0.05, 0) is 53.6 Å². The summed E-state index contributed by atoms with van der Waals surface area (Å²) in [5, 5.41) is 2.12. The van der Waals surface area contributed by atoms with Gasteiger partial charge in [-0.2, -0.15) is 0 Å². The Bertz CT molecular complexity index is 1340. The summed E-state index contributed by atoms with van der Waals surface area (Å²) in [5.74, 6) is 1.98. The Morgan fingerprint density at radius 1 is 0.844 bits per heavy atom. The van der Waals surface area contributed by atoms with Gasteiger partial charge in [-0.15, -0.1) is 0 Å². The number of hydrogen-bond acceptors (Lipinski definition) is 4. The quantitative estimate of drug-likeness (QED) is 0.348. The smallest absolute Gasteiger partial charge is 0.338 e. The molecule has 0 bridgehead atoms. The number of ether oxygens (including phenoxy) is 3. The van der Waals surface area contributed by atoms with Gasteiger partial charge in [-0.25, -0.2) is 4.79 Å². The predicted octanol–water partition coefficient (Wildman–Crippen LogP) is 6.60. The molecule has 5 rings (SSSR count). The molecule has 1 aliphatic rings. The van der Waals surface area contributed by atoms with Crippen molar-refractivity contribution in [2.45, 2.75) is 12.8 Å². The van der Waals surface area contributed by atoms with E-state index in [9.17, 15) is 4.79 Å². The lowest BCUT2D eigenvalue weighted by Gasteiger charge is -2.30. The van der Waals surface area contributed by atoms with E-state index in [1.54, 1.807) is 0 Å². The molecule has 1 unspecified atom stereocenters. The van der Waals surface area contributed by atoms with Crippen LogP contribution in [0.2, 0.25) is 0 Å². The SMILES string of the molecule is COC(=O)C1=C(C)Oc2ccc3ccccc3c2C1c1cccc(Oc2ccccc2)c1. The number of fused-ring (bicyclic) bond motifs is 3. The van der Waals surface area contributed by atoms with Gasteiger partial charge in [-0.3, -0.25) is 0 Å². The first kappa shape index (κ1) is 19.9. The van der Waals surface area contributed by atoms with E-state index in [-0.39, 0.29) is 5.92 Å². The Hall–Kier alpha value is -4.05. The van der Waals surface area contributed by atoms with E-state index in [4.69, 9.17) is 14.2 Å². The topological polar surface area (TPSA) is 44.8 Å². The fraction of sp³-hybridized carbons (Fsp3) is 0.107. The van der Waals surface area contributed by atoms with Crippen molar-refractivity contribution >= 4 is 16.7 Å². The molecule has 0 aromatic heterocycles. The highest BCUT2D eigenvalue weighted by molar-refractivity contribution is 5.97. The predicted molar refractivity (Wildman–Crippen MR) is 124 cm³/mol. The highest BCUT2D eigenvalue weighted by Crippen LogP contribution is 2.47.